The number of carbonyl (C=O) groups is 2. The average molecular weight is 506 g/mol. The number of fused-ring (bicyclic) bond motifs is 1. The van der Waals surface area contributed by atoms with E-state index in [1.807, 2.05) is 32.9 Å². The van der Waals surface area contributed by atoms with Gasteiger partial charge < -0.3 is 15.2 Å². The predicted molar refractivity (Wildman–Crippen MR) is 137 cm³/mol. The molecule has 0 spiro atoms. The summed E-state index contributed by atoms with van der Waals surface area (Å²) >= 11 is 0. The second kappa shape index (κ2) is 10.3. The highest BCUT2D eigenvalue weighted by atomic mass is 19.1. The van der Waals surface area contributed by atoms with E-state index in [-0.39, 0.29) is 18.0 Å². The second-order valence-electron chi connectivity index (χ2n) is 9.55. The van der Waals surface area contributed by atoms with Crippen LogP contribution < -0.4 is 15.0 Å². The minimum atomic E-state index is -1.20. The maximum Gasteiger partial charge on any atom is 0.249 e. The van der Waals surface area contributed by atoms with E-state index in [9.17, 15) is 19.1 Å². The number of hydrogen-bond donors (Lipinski definition) is 2. The van der Waals surface area contributed by atoms with Gasteiger partial charge >= 0.3 is 0 Å². The van der Waals surface area contributed by atoms with Crippen LogP contribution in [0, 0.1) is 5.82 Å². The smallest absolute Gasteiger partial charge is 0.249 e. The lowest BCUT2D eigenvalue weighted by atomic mass is 10.00. The van der Waals surface area contributed by atoms with Gasteiger partial charge in [-0.15, -0.1) is 5.10 Å². The van der Waals surface area contributed by atoms with Gasteiger partial charge in [0.15, 0.2) is 11.5 Å². The van der Waals surface area contributed by atoms with E-state index in [0.717, 1.165) is 0 Å². The summed E-state index contributed by atoms with van der Waals surface area (Å²) in [6.45, 7) is 5.22. The van der Waals surface area contributed by atoms with Crippen LogP contribution in [0.25, 0.3) is 11.0 Å². The number of methoxy groups -OCH3 is 1. The third kappa shape index (κ3) is 5.69. The van der Waals surface area contributed by atoms with E-state index in [1.165, 1.54) is 53.1 Å². The summed E-state index contributed by atoms with van der Waals surface area (Å²) in [5.74, 6) is -1.45. The molecule has 4 rings (SSSR count). The average Bonchev–Trinajstić information content (AvgIpc) is 3.24. The van der Waals surface area contributed by atoms with Gasteiger partial charge in [0.25, 0.3) is 0 Å². The van der Waals surface area contributed by atoms with Gasteiger partial charge in [-0.05, 0) is 74.9 Å². The Balaban J connectivity index is 1.84. The summed E-state index contributed by atoms with van der Waals surface area (Å²) in [6, 6.07) is 15.7. The Morgan fingerprint density at radius 2 is 1.81 bits per heavy atom. The number of hydrogen-bond acceptors (Lipinski definition) is 6. The van der Waals surface area contributed by atoms with Crippen LogP contribution in [0.3, 0.4) is 0 Å². The van der Waals surface area contributed by atoms with E-state index in [1.54, 1.807) is 18.2 Å². The number of ether oxygens (including phenoxy) is 1. The van der Waals surface area contributed by atoms with Gasteiger partial charge in [0, 0.05) is 11.2 Å². The van der Waals surface area contributed by atoms with Gasteiger partial charge in [0.2, 0.25) is 11.8 Å². The van der Waals surface area contributed by atoms with Crippen molar-refractivity contribution in [3.8, 4) is 11.5 Å². The molecule has 0 saturated heterocycles. The fraction of sp³-hybridized carbons (Fsp3) is 0.259. The topological polar surface area (TPSA) is 110 Å². The third-order valence-corrected chi connectivity index (χ3v) is 5.60. The number of para-hydroxylation sites is 1. The van der Waals surface area contributed by atoms with Crippen molar-refractivity contribution >= 4 is 28.5 Å². The Labute approximate surface area is 213 Å². The molecule has 4 aromatic rings. The monoisotopic (exact) mass is 505 g/mol. The molecule has 3 aromatic carbocycles. The van der Waals surface area contributed by atoms with Crippen LogP contribution in [0.15, 0.2) is 66.7 Å². The maximum absolute atomic E-state index is 13.9. The molecule has 9 nitrogen and oxygen atoms in total. The first-order valence-corrected chi connectivity index (χ1v) is 11.6. The molecule has 192 valence electrons. The van der Waals surface area contributed by atoms with E-state index < -0.39 is 29.2 Å². The zero-order valence-electron chi connectivity index (χ0n) is 21.0. The summed E-state index contributed by atoms with van der Waals surface area (Å²) in [4.78, 5) is 28.9. The molecule has 1 atom stereocenters. The fourth-order valence-corrected chi connectivity index (χ4v) is 4.01. The normalized spacial score (nSPS) is 12.2. The fourth-order valence-electron chi connectivity index (χ4n) is 4.01. The van der Waals surface area contributed by atoms with Gasteiger partial charge in [0.05, 0.1) is 12.6 Å². The number of carbonyl (C=O) groups excluding carboxylic acids is 2. The Morgan fingerprint density at radius 3 is 2.46 bits per heavy atom. The molecule has 1 heterocycles. The van der Waals surface area contributed by atoms with Crippen LogP contribution in [0.1, 0.15) is 32.4 Å². The van der Waals surface area contributed by atoms with E-state index in [0.29, 0.717) is 22.3 Å². The minimum absolute atomic E-state index is 0.192. The quantitative estimate of drug-likeness (QED) is 0.393. The Morgan fingerprint density at radius 1 is 1.11 bits per heavy atom. The number of nitrogens with one attached hydrogen (secondary N) is 1. The van der Waals surface area contributed by atoms with E-state index in [2.05, 4.69) is 15.6 Å². The molecule has 0 saturated carbocycles. The van der Waals surface area contributed by atoms with Crippen molar-refractivity contribution in [2.24, 2.45) is 0 Å². The lowest BCUT2D eigenvalue weighted by Crippen LogP contribution is -2.50. The van der Waals surface area contributed by atoms with Crippen molar-refractivity contribution in [3.63, 3.8) is 0 Å². The van der Waals surface area contributed by atoms with Gasteiger partial charge in [0.1, 0.15) is 23.9 Å². The van der Waals surface area contributed by atoms with Gasteiger partial charge in [-0.25, -0.2) is 9.07 Å². The second-order valence-corrected chi connectivity index (χ2v) is 9.55. The van der Waals surface area contributed by atoms with Crippen LogP contribution in [-0.2, 0) is 16.1 Å². The molecule has 0 fully saturated rings. The molecule has 0 aliphatic heterocycles. The van der Waals surface area contributed by atoms with Crippen molar-refractivity contribution in [1.82, 2.24) is 20.3 Å². The number of halogens is 1. The predicted octanol–water partition coefficient (Wildman–Crippen LogP) is 3.97. The van der Waals surface area contributed by atoms with Crippen LogP contribution in [0.2, 0.25) is 0 Å². The van der Waals surface area contributed by atoms with Gasteiger partial charge in [-0.1, -0.05) is 23.4 Å². The van der Waals surface area contributed by atoms with E-state index >= 15 is 0 Å². The highest BCUT2D eigenvalue weighted by molar-refractivity contribution is 6.01. The summed E-state index contributed by atoms with van der Waals surface area (Å²) in [5.41, 5.74) is 1.27. The van der Waals surface area contributed by atoms with Gasteiger partial charge in [-0.2, -0.15) is 0 Å². The number of nitrogens with zero attached hydrogens (tertiary/aromatic N) is 4. The Kier molecular flexibility index (Phi) is 7.10. The van der Waals surface area contributed by atoms with Crippen LogP contribution in [0.4, 0.5) is 10.1 Å². The molecule has 0 radical (unpaired) electrons. The first-order valence-electron chi connectivity index (χ1n) is 11.6. The molecule has 37 heavy (non-hydrogen) atoms. The zero-order chi connectivity index (χ0) is 26.7. The van der Waals surface area contributed by atoms with Crippen molar-refractivity contribution < 1.29 is 23.8 Å². The number of benzene rings is 3. The number of rotatable bonds is 7. The Hall–Kier alpha value is -4.47. The van der Waals surface area contributed by atoms with Crippen LogP contribution >= 0.6 is 0 Å². The summed E-state index contributed by atoms with van der Waals surface area (Å²) < 4.78 is 20.4. The lowest BCUT2D eigenvalue weighted by molar-refractivity contribution is -0.128. The number of amides is 2. The number of aromatic nitrogens is 3. The first-order chi connectivity index (χ1) is 17.6. The van der Waals surface area contributed by atoms with Crippen LogP contribution in [-0.4, -0.2) is 44.6 Å². The van der Waals surface area contributed by atoms with Crippen molar-refractivity contribution in [3.05, 3.63) is 78.1 Å². The highest BCUT2D eigenvalue weighted by Crippen LogP contribution is 2.34. The SMILES string of the molecule is COc1ccc(C(C(=O)NC(C)(C)C)N(C(=O)Cn2nnc3ccccc32)c2ccc(F)cc2)cc1O. The standard InChI is InChI=1S/C27H28FN5O4/c1-27(2,3)29-26(36)25(17-9-14-23(37-4)22(34)15-17)33(19-12-10-18(28)11-13-19)24(35)16-32-21-8-6-5-7-20(21)30-31-32/h5-15,25,34H,16H2,1-4H3,(H,29,36). The number of phenolic OH excluding ortho intramolecular Hbond substituents is 1. The van der Waals surface area contributed by atoms with E-state index in [4.69, 9.17) is 4.74 Å². The van der Waals surface area contributed by atoms with Crippen LogP contribution in [0.5, 0.6) is 11.5 Å². The molecule has 0 bridgehead atoms. The number of aromatic hydroxyl groups is 1. The van der Waals surface area contributed by atoms with Crippen molar-refractivity contribution in [2.45, 2.75) is 38.9 Å². The summed E-state index contributed by atoms with van der Waals surface area (Å²) in [5, 5.41) is 21.6. The Bertz CT molecular complexity index is 1430. The summed E-state index contributed by atoms with van der Waals surface area (Å²) in [7, 11) is 1.41. The summed E-state index contributed by atoms with van der Waals surface area (Å²) in [6.07, 6.45) is 0. The largest absolute Gasteiger partial charge is 0.504 e. The molecular formula is C27H28FN5O4. The molecule has 2 amide bonds. The number of phenols is 1. The van der Waals surface area contributed by atoms with Crippen molar-refractivity contribution in [1.29, 1.82) is 0 Å². The van der Waals surface area contributed by atoms with Gasteiger partial charge in [-0.3, -0.25) is 14.5 Å². The lowest BCUT2D eigenvalue weighted by Gasteiger charge is -2.34. The minimum Gasteiger partial charge on any atom is -0.504 e. The third-order valence-electron chi connectivity index (χ3n) is 5.60. The molecule has 10 heteroatoms. The molecule has 0 aliphatic carbocycles. The maximum atomic E-state index is 13.9. The molecule has 1 aromatic heterocycles. The molecule has 1 unspecified atom stereocenters. The number of anilines is 1. The zero-order valence-corrected chi connectivity index (χ0v) is 21.0. The molecule has 2 N–H and O–H groups in total. The highest BCUT2D eigenvalue weighted by Gasteiger charge is 2.35. The van der Waals surface area contributed by atoms with Crippen molar-refractivity contribution in [2.75, 3.05) is 12.0 Å². The molecular weight excluding hydrogens is 477 g/mol. The first kappa shape index (κ1) is 25.6. The molecule has 0 aliphatic rings.